The molecule has 2 N–H and O–H groups in total. The van der Waals surface area contributed by atoms with Crippen molar-refractivity contribution < 1.29 is 9.59 Å². The van der Waals surface area contributed by atoms with Gasteiger partial charge in [0.05, 0.1) is 16.7 Å². The monoisotopic (exact) mass is 524 g/mol. The van der Waals surface area contributed by atoms with Crippen molar-refractivity contribution in [2.24, 2.45) is 0 Å². The van der Waals surface area contributed by atoms with E-state index in [0.717, 1.165) is 54.1 Å². The van der Waals surface area contributed by atoms with Gasteiger partial charge in [-0.2, -0.15) is 0 Å². The third kappa shape index (κ3) is 13.4. The van der Waals surface area contributed by atoms with Crippen LogP contribution in [0.3, 0.4) is 0 Å². The number of hydrogen-bond donors (Lipinski definition) is 2. The van der Waals surface area contributed by atoms with E-state index in [1.165, 1.54) is 5.57 Å². The number of rotatable bonds is 5. The van der Waals surface area contributed by atoms with Gasteiger partial charge in [-0.3, -0.25) is 9.59 Å². The summed E-state index contributed by atoms with van der Waals surface area (Å²) in [5.74, 6) is -0.0466. The fraction of sp³-hybridized carbons (Fsp3) is 0.500. The minimum atomic E-state index is -0.166. The molecule has 37 heavy (non-hydrogen) atoms. The van der Waals surface area contributed by atoms with Crippen LogP contribution in [0.15, 0.2) is 64.6 Å². The van der Waals surface area contributed by atoms with Crippen molar-refractivity contribution >= 4 is 23.2 Å². The summed E-state index contributed by atoms with van der Waals surface area (Å²) in [6.45, 7) is 9.08. The number of carbonyl (C=O) groups excluding carboxylic acids is 2. The van der Waals surface area contributed by atoms with Crippen molar-refractivity contribution in [3.05, 3.63) is 75.3 Å². The first-order valence-electron chi connectivity index (χ1n) is 13.2. The van der Waals surface area contributed by atoms with Crippen LogP contribution in [-0.4, -0.2) is 54.4 Å². The number of hydrogen-bond acceptors (Lipinski definition) is 5. The molecule has 2 amide bonds. The van der Waals surface area contributed by atoms with E-state index in [0.29, 0.717) is 12.8 Å². The van der Waals surface area contributed by atoms with Crippen molar-refractivity contribution in [1.82, 2.24) is 20.5 Å². The molecule has 2 rings (SSSR count). The molecule has 0 unspecified atom stereocenters. The third-order valence-electron chi connectivity index (χ3n) is 5.92. The van der Waals surface area contributed by atoms with Gasteiger partial charge in [0.15, 0.2) is 0 Å². The van der Waals surface area contributed by atoms with E-state index in [9.17, 15) is 9.59 Å². The molecule has 0 saturated carbocycles. The molecule has 1 aromatic rings. The van der Waals surface area contributed by atoms with Gasteiger partial charge in [-0.1, -0.05) is 53.2 Å². The lowest BCUT2D eigenvalue weighted by Gasteiger charge is -2.14. The Morgan fingerprint density at radius 3 is 2.59 bits per heavy atom. The maximum atomic E-state index is 12.7. The minimum Gasteiger partial charge on any atom is -0.353 e. The molecule has 0 saturated heterocycles. The first kappa shape index (κ1) is 30.5. The lowest BCUT2D eigenvalue weighted by atomic mass is 10.1. The van der Waals surface area contributed by atoms with Crippen molar-refractivity contribution in [3.8, 4) is 0 Å². The summed E-state index contributed by atoms with van der Waals surface area (Å²) in [6.07, 6.45) is 18.3. The summed E-state index contributed by atoms with van der Waals surface area (Å²) in [5.41, 5.74) is 4.45. The highest BCUT2D eigenvalue weighted by atomic mass is 32.1. The van der Waals surface area contributed by atoms with E-state index in [1.54, 1.807) is 23.5 Å². The molecule has 1 aromatic heterocycles. The van der Waals surface area contributed by atoms with E-state index in [2.05, 4.69) is 73.2 Å². The maximum Gasteiger partial charge on any atom is 0.244 e. The smallest absolute Gasteiger partial charge is 0.244 e. The lowest BCUT2D eigenvalue weighted by Crippen LogP contribution is -2.34. The SMILES string of the molecule is CC(C=CC(C)=C[C@@H]1Cc2nc(cs2)CCCCC(=O)N[C@@H](C)CC(C)=CC=CC(=O)N1)=CCN(C)C. The summed E-state index contributed by atoms with van der Waals surface area (Å²) in [7, 11) is 4.10. The molecule has 2 heterocycles. The van der Waals surface area contributed by atoms with Gasteiger partial charge in [-0.15, -0.1) is 11.3 Å². The number of nitrogens with one attached hydrogen (secondary N) is 2. The number of carbonyl (C=O) groups is 2. The Balaban J connectivity index is 2.21. The average Bonchev–Trinajstić information content (AvgIpc) is 3.25. The lowest BCUT2D eigenvalue weighted by molar-refractivity contribution is -0.121. The molecule has 7 heteroatoms. The van der Waals surface area contributed by atoms with Crippen molar-refractivity contribution in [2.45, 2.75) is 78.3 Å². The van der Waals surface area contributed by atoms with E-state index in [-0.39, 0.29) is 23.9 Å². The van der Waals surface area contributed by atoms with Crippen LogP contribution in [0.1, 0.15) is 64.1 Å². The largest absolute Gasteiger partial charge is 0.353 e. The van der Waals surface area contributed by atoms with Crippen LogP contribution in [0, 0.1) is 0 Å². The van der Waals surface area contributed by atoms with Gasteiger partial charge in [-0.05, 0) is 67.5 Å². The second-order valence-electron chi connectivity index (χ2n) is 10.3. The van der Waals surface area contributed by atoms with Crippen LogP contribution in [0.5, 0.6) is 0 Å². The zero-order valence-corrected chi connectivity index (χ0v) is 24.2. The normalized spacial score (nSPS) is 21.8. The van der Waals surface area contributed by atoms with Crippen LogP contribution >= 0.6 is 11.3 Å². The molecule has 0 spiro atoms. The van der Waals surface area contributed by atoms with Crippen LogP contribution in [0.25, 0.3) is 0 Å². The van der Waals surface area contributed by atoms with E-state index in [1.807, 2.05) is 19.9 Å². The molecule has 0 aromatic carbocycles. The molecule has 0 fully saturated rings. The van der Waals surface area contributed by atoms with Gasteiger partial charge in [0, 0.05) is 36.9 Å². The average molecular weight is 525 g/mol. The molecule has 2 bridgehead atoms. The Bertz CT molecular complexity index is 1050. The predicted molar refractivity (Wildman–Crippen MR) is 156 cm³/mol. The van der Waals surface area contributed by atoms with Gasteiger partial charge in [0.1, 0.15) is 0 Å². The molecule has 1 aliphatic rings. The molecule has 2 atom stereocenters. The topological polar surface area (TPSA) is 74.3 Å². The van der Waals surface area contributed by atoms with Crippen LogP contribution < -0.4 is 10.6 Å². The highest BCUT2D eigenvalue weighted by Gasteiger charge is 2.13. The van der Waals surface area contributed by atoms with E-state index in [4.69, 9.17) is 4.98 Å². The Labute approximate surface area is 227 Å². The van der Waals surface area contributed by atoms with Crippen molar-refractivity contribution in [2.75, 3.05) is 20.6 Å². The highest BCUT2D eigenvalue weighted by Crippen LogP contribution is 2.16. The second kappa shape index (κ2) is 16.2. The molecule has 202 valence electrons. The predicted octanol–water partition coefficient (Wildman–Crippen LogP) is 5.30. The molecule has 0 radical (unpaired) electrons. The first-order valence-corrected chi connectivity index (χ1v) is 14.0. The quantitative estimate of drug-likeness (QED) is 0.513. The van der Waals surface area contributed by atoms with Gasteiger partial charge in [0.2, 0.25) is 11.8 Å². The number of nitrogens with zero attached hydrogens (tertiary/aromatic N) is 2. The molecule has 1 aliphatic heterocycles. The number of likely N-dealkylation sites (N-methyl/N-ethyl adjacent to an activating group) is 1. The van der Waals surface area contributed by atoms with Gasteiger partial charge in [-0.25, -0.2) is 4.98 Å². The van der Waals surface area contributed by atoms with Crippen LogP contribution in [0.4, 0.5) is 0 Å². The summed E-state index contributed by atoms with van der Waals surface area (Å²) in [4.78, 5) is 31.9. The van der Waals surface area contributed by atoms with Gasteiger partial charge < -0.3 is 15.5 Å². The number of aromatic nitrogens is 1. The Kier molecular flexibility index (Phi) is 13.3. The standard InChI is InChI=1S/C30H44N4O2S/c1-22(16-17-34(5)6)14-15-24(3)19-27-20-30-33-26(21-37-30)11-7-8-12-28(35)31-25(4)18-23(2)10-9-13-29(36)32-27/h9-10,13-16,19,21,25,27H,7-8,11-12,17-18,20H2,1-6H3,(H,31,35)(H,32,36)/t25-,27+/m0/s1. The van der Waals surface area contributed by atoms with E-state index >= 15 is 0 Å². The summed E-state index contributed by atoms with van der Waals surface area (Å²) < 4.78 is 0. The number of allylic oxidation sites excluding steroid dienone is 6. The highest BCUT2D eigenvalue weighted by molar-refractivity contribution is 7.09. The number of thiazole rings is 1. The number of fused-ring (bicyclic) bond motifs is 2. The number of aryl methyl sites for hydroxylation is 1. The third-order valence-corrected chi connectivity index (χ3v) is 6.84. The van der Waals surface area contributed by atoms with Gasteiger partial charge in [0.25, 0.3) is 0 Å². The summed E-state index contributed by atoms with van der Waals surface area (Å²) >= 11 is 1.63. The van der Waals surface area contributed by atoms with E-state index < -0.39 is 0 Å². The molecule has 0 aliphatic carbocycles. The zero-order valence-electron chi connectivity index (χ0n) is 23.3. The van der Waals surface area contributed by atoms with Crippen molar-refractivity contribution in [1.29, 1.82) is 0 Å². The van der Waals surface area contributed by atoms with Gasteiger partial charge >= 0.3 is 0 Å². The molecule has 6 nitrogen and oxygen atoms in total. The fourth-order valence-electron chi connectivity index (χ4n) is 4.00. The second-order valence-corrected chi connectivity index (χ2v) is 11.2. The number of amides is 2. The summed E-state index contributed by atoms with van der Waals surface area (Å²) in [5, 5.41) is 9.31. The molecular formula is C30H44N4O2S. The first-order chi connectivity index (χ1) is 17.6. The maximum absolute atomic E-state index is 12.7. The summed E-state index contributed by atoms with van der Waals surface area (Å²) in [6, 6.07) is -0.109. The minimum absolute atomic E-state index is 0.0565. The molecular weight excluding hydrogens is 480 g/mol. The Hall–Kier alpha value is -2.77. The van der Waals surface area contributed by atoms with Crippen LogP contribution in [0.2, 0.25) is 0 Å². The fourth-order valence-corrected chi connectivity index (χ4v) is 4.89. The Morgan fingerprint density at radius 2 is 1.84 bits per heavy atom. The van der Waals surface area contributed by atoms with Crippen LogP contribution in [-0.2, 0) is 22.4 Å². The zero-order chi connectivity index (χ0) is 27.2. The Morgan fingerprint density at radius 1 is 1.11 bits per heavy atom. The van der Waals surface area contributed by atoms with Crippen molar-refractivity contribution in [3.63, 3.8) is 0 Å².